The van der Waals surface area contributed by atoms with Crippen molar-refractivity contribution in [1.82, 2.24) is 0 Å². The van der Waals surface area contributed by atoms with Gasteiger partial charge in [0, 0.05) is 20.9 Å². The van der Waals surface area contributed by atoms with Crippen LogP contribution in [-0.2, 0) is 0 Å². The van der Waals surface area contributed by atoms with Crippen LogP contribution in [0.3, 0.4) is 0 Å². The van der Waals surface area contributed by atoms with E-state index in [0.29, 0.717) is 17.9 Å². The van der Waals surface area contributed by atoms with Crippen LogP contribution in [0.4, 0.5) is 0 Å². The molecule has 0 radical (unpaired) electrons. The summed E-state index contributed by atoms with van der Waals surface area (Å²) in [7, 11) is 0. The number of rotatable bonds is 3. The van der Waals surface area contributed by atoms with Crippen molar-refractivity contribution in [2.75, 3.05) is 0 Å². The van der Waals surface area contributed by atoms with E-state index >= 15 is 0 Å². The molecule has 1 aromatic carbocycles. The van der Waals surface area contributed by atoms with E-state index in [0.717, 1.165) is 14.5 Å². The lowest BCUT2D eigenvalue weighted by atomic mass is 10.2. The normalized spacial score (nSPS) is 10.5. The molecule has 0 amide bonds. The van der Waals surface area contributed by atoms with E-state index in [9.17, 15) is 4.79 Å². The van der Waals surface area contributed by atoms with Crippen LogP contribution in [0.15, 0.2) is 43.7 Å². The summed E-state index contributed by atoms with van der Waals surface area (Å²) in [6.07, 6.45) is 0.453. The Labute approximate surface area is 116 Å². The van der Waals surface area contributed by atoms with Gasteiger partial charge in [-0.15, -0.1) is 0 Å². The van der Waals surface area contributed by atoms with Crippen molar-refractivity contribution in [3.05, 3.63) is 45.0 Å². The molecule has 2 aromatic rings. The van der Waals surface area contributed by atoms with Gasteiger partial charge in [0.25, 0.3) is 0 Å². The van der Waals surface area contributed by atoms with Crippen LogP contribution in [0.25, 0.3) is 11.3 Å². The summed E-state index contributed by atoms with van der Waals surface area (Å²) in [4.78, 5) is 11.5. The van der Waals surface area contributed by atoms with E-state index < -0.39 is 0 Å². The maximum atomic E-state index is 11.5. The molecule has 88 valence electrons. The average molecular weight is 358 g/mol. The predicted molar refractivity (Wildman–Crippen MR) is 74.2 cm³/mol. The van der Waals surface area contributed by atoms with Gasteiger partial charge < -0.3 is 4.42 Å². The van der Waals surface area contributed by atoms with Crippen LogP contribution in [0, 0.1) is 0 Å². The lowest BCUT2D eigenvalue weighted by Gasteiger charge is -2.01. The highest BCUT2D eigenvalue weighted by atomic mass is 79.9. The fraction of sp³-hybridized carbons (Fsp3) is 0.154. The summed E-state index contributed by atoms with van der Waals surface area (Å²) in [5.41, 5.74) is 0.934. The van der Waals surface area contributed by atoms with Gasteiger partial charge in [0.05, 0.1) is 0 Å². The van der Waals surface area contributed by atoms with E-state index in [1.807, 2.05) is 31.2 Å². The van der Waals surface area contributed by atoms with Crippen LogP contribution in [0.5, 0.6) is 0 Å². The molecule has 1 aromatic heterocycles. The highest BCUT2D eigenvalue weighted by Gasteiger charge is 2.12. The SMILES string of the molecule is CCC(=O)c1ccc(-c2ccc(Br)cc2Br)o1. The Morgan fingerprint density at radius 2 is 2.00 bits per heavy atom. The zero-order valence-corrected chi connectivity index (χ0v) is 12.3. The second-order valence-electron chi connectivity index (χ2n) is 3.56. The molecule has 4 heteroatoms. The molecule has 0 atom stereocenters. The third-order valence-corrected chi connectivity index (χ3v) is 3.55. The summed E-state index contributed by atoms with van der Waals surface area (Å²) >= 11 is 6.87. The minimum atomic E-state index is 0.0180. The summed E-state index contributed by atoms with van der Waals surface area (Å²) in [5, 5.41) is 0. The number of benzene rings is 1. The first-order valence-electron chi connectivity index (χ1n) is 5.20. The Kier molecular flexibility index (Phi) is 3.84. The number of carbonyl (C=O) groups is 1. The maximum Gasteiger partial charge on any atom is 0.197 e. The highest BCUT2D eigenvalue weighted by Crippen LogP contribution is 2.32. The topological polar surface area (TPSA) is 30.2 Å². The Hall–Kier alpha value is -0.870. The Balaban J connectivity index is 2.40. The van der Waals surface area contributed by atoms with Crippen LogP contribution in [-0.4, -0.2) is 5.78 Å². The summed E-state index contributed by atoms with van der Waals surface area (Å²) in [5.74, 6) is 1.13. The van der Waals surface area contributed by atoms with E-state index in [1.165, 1.54) is 0 Å². The van der Waals surface area contributed by atoms with Gasteiger partial charge in [0.1, 0.15) is 5.76 Å². The van der Waals surface area contributed by atoms with E-state index in [4.69, 9.17) is 4.42 Å². The monoisotopic (exact) mass is 356 g/mol. The third-order valence-electron chi connectivity index (χ3n) is 2.40. The lowest BCUT2D eigenvalue weighted by Crippen LogP contribution is -1.92. The van der Waals surface area contributed by atoms with Crippen LogP contribution >= 0.6 is 31.9 Å². The molecular formula is C13H10Br2O2. The number of halogens is 2. The van der Waals surface area contributed by atoms with Crippen LogP contribution in [0.1, 0.15) is 23.9 Å². The van der Waals surface area contributed by atoms with Gasteiger partial charge >= 0.3 is 0 Å². The van der Waals surface area contributed by atoms with Crippen molar-refractivity contribution in [2.45, 2.75) is 13.3 Å². The van der Waals surface area contributed by atoms with Crippen molar-refractivity contribution in [1.29, 1.82) is 0 Å². The molecule has 0 aliphatic heterocycles. The molecule has 0 N–H and O–H groups in total. The van der Waals surface area contributed by atoms with E-state index in [-0.39, 0.29) is 5.78 Å². The van der Waals surface area contributed by atoms with E-state index in [2.05, 4.69) is 31.9 Å². The molecule has 0 aliphatic carbocycles. The van der Waals surface area contributed by atoms with Gasteiger partial charge in [-0.3, -0.25) is 4.79 Å². The lowest BCUT2D eigenvalue weighted by molar-refractivity contribution is 0.0962. The van der Waals surface area contributed by atoms with Gasteiger partial charge in [-0.1, -0.05) is 22.9 Å². The van der Waals surface area contributed by atoms with Gasteiger partial charge in [-0.2, -0.15) is 0 Å². The predicted octanol–water partition coefficient (Wildman–Crippen LogP) is 5.06. The van der Waals surface area contributed by atoms with Crippen molar-refractivity contribution in [3.8, 4) is 11.3 Å². The zero-order valence-electron chi connectivity index (χ0n) is 9.17. The summed E-state index contributed by atoms with van der Waals surface area (Å²) in [6, 6.07) is 9.35. The first-order valence-corrected chi connectivity index (χ1v) is 6.79. The number of hydrogen-bond acceptors (Lipinski definition) is 2. The quantitative estimate of drug-likeness (QED) is 0.718. The van der Waals surface area contributed by atoms with E-state index in [1.54, 1.807) is 6.07 Å². The van der Waals surface area contributed by atoms with Crippen molar-refractivity contribution in [2.24, 2.45) is 0 Å². The summed E-state index contributed by atoms with van der Waals surface area (Å²) < 4.78 is 7.47. The van der Waals surface area contributed by atoms with Crippen LogP contribution < -0.4 is 0 Å². The number of carbonyl (C=O) groups excluding carboxylic acids is 1. The molecule has 0 saturated carbocycles. The molecule has 0 spiro atoms. The Bertz CT molecular complexity index is 558. The van der Waals surface area contributed by atoms with Gasteiger partial charge in [0.2, 0.25) is 0 Å². The van der Waals surface area contributed by atoms with Gasteiger partial charge in [0.15, 0.2) is 11.5 Å². The maximum absolute atomic E-state index is 11.5. The minimum absolute atomic E-state index is 0.0180. The largest absolute Gasteiger partial charge is 0.453 e. The molecule has 0 bridgehead atoms. The standard InChI is InChI=1S/C13H10Br2O2/c1-2-11(16)13-6-5-12(17-13)9-4-3-8(14)7-10(9)15/h3-7H,2H2,1H3. The number of ketones is 1. The smallest absolute Gasteiger partial charge is 0.197 e. The van der Waals surface area contributed by atoms with Gasteiger partial charge in [-0.25, -0.2) is 0 Å². The van der Waals surface area contributed by atoms with Crippen molar-refractivity contribution >= 4 is 37.6 Å². The molecule has 2 rings (SSSR count). The Morgan fingerprint density at radius 3 is 2.65 bits per heavy atom. The first-order chi connectivity index (χ1) is 8.11. The molecule has 0 fully saturated rings. The highest BCUT2D eigenvalue weighted by molar-refractivity contribution is 9.11. The molecule has 1 heterocycles. The third kappa shape index (κ3) is 2.69. The molecule has 0 unspecified atom stereocenters. The number of furan rings is 1. The molecular weight excluding hydrogens is 348 g/mol. The van der Waals surface area contributed by atoms with Crippen molar-refractivity contribution < 1.29 is 9.21 Å². The summed E-state index contributed by atoms with van der Waals surface area (Å²) in [6.45, 7) is 1.82. The number of Topliss-reactive ketones (excluding diaryl/α,β-unsaturated/α-hetero) is 1. The fourth-order valence-corrected chi connectivity index (χ4v) is 2.74. The molecule has 2 nitrogen and oxygen atoms in total. The number of hydrogen-bond donors (Lipinski definition) is 0. The second-order valence-corrected chi connectivity index (χ2v) is 5.33. The molecule has 0 saturated heterocycles. The zero-order chi connectivity index (χ0) is 12.4. The first kappa shape index (κ1) is 12.6. The Morgan fingerprint density at radius 1 is 1.24 bits per heavy atom. The molecule has 17 heavy (non-hydrogen) atoms. The average Bonchev–Trinajstić information content (AvgIpc) is 2.77. The molecule has 0 aliphatic rings. The van der Waals surface area contributed by atoms with Crippen molar-refractivity contribution in [3.63, 3.8) is 0 Å². The second kappa shape index (κ2) is 5.19. The minimum Gasteiger partial charge on any atom is -0.453 e. The van der Waals surface area contributed by atoms with Crippen LogP contribution in [0.2, 0.25) is 0 Å². The fourth-order valence-electron chi connectivity index (χ4n) is 1.50. The van der Waals surface area contributed by atoms with Gasteiger partial charge in [-0.05, 0) is 46.3 Å².